The summed E-state index contributed by atoms with van der Waals surface area (Å²) in [6.07, 6.45) is 0. The molecule has 0 aliphatic heterocycles. The minimum absolute atomic E-state index is 0.0746. The van der Waals surface area contributed by atoms with Crippen LogP contribution in [0.3, 0.4) is 0 Å². The van der Waals surface area contributed by atoms with Crippen LogP contribution in [0, 0.1) is 13.8 Å². The number of anilines is 2. The second kappa shape index (κ2) is 9.52. The number of hydrogen-bond acceptors (Lipinski definition) is 6. The summed E-state index contributed by atoms with van der Waals surface area (Å²) in [7, 11) is -3.06. The van der Waals surface area contributed by atoms with Crippen molar-refractivity contribution in [3.05, 3.63) is 83.4 Å². The predicted octanol–water partition coefficient (Wildman–Crippen LogP) is 4.50. The van der Waals surface area contributed by atoms with Gasteiger partial charge in [0.1, 0.15) is 10.5 Å². The normalized spacial score (nSPS) is 10.8. The van der Waals surface area contributed by atoms with Crippen LogP contribution in [0.5, 0.6) is 5.75 Å². The Labute approximate surface area is 186 Å². The van der Waals surface area contributed by atoms with Gasteiger partial charge < -0.3 is 19.6 Å². The maximum Gasteiger partial charge on any atom is 0.341 e. The first-order valence-electron chi connectivity index (χ1n) is 9.56. The van der Waals surface area contributed by atoms with E-state index in [0.29, 0.717) is 5.69 Å². The van der Waals surface area contributed by atoms with Gasteiger partial charge in [-0.1, -0.05) is 29.8 Å². The van der Waals surface area contributed by atoms with E-state index in [1.807, 2.05) is 19.9 Å². The van der Waals surface area contributed by atoms with Crippen molar-refractivity contribution in [2.24, 2.45) is 0 Å². The maximum atomic E-state index is 12.7. The molecule has 0 aliphatic carbocycles. The fourth-order valence-corrected chi connectivity index (χ4v) is 3.78. The largest absolute Gasteiger partial charge is 0.465 e. The zero-order chi connectivity index (χ0) is 23.3. The minimum Gasteiger partial charge on any atom is -0.465 e. The molecule has 0 bridgehead atoms. The van der Waals surface area contributed by atoms with Crippen LogP contribution in [0.2, 0.25) is 0 Å². The third-order valence-electron chi connectivity index (χ3n) is 4.43. The van der Waals surface area contributed by atoms with Gasteiger partial charge in [0.05, 0.1) is 7.11 Å². The van der Waals surface area contributed by atoms with Crippen LogP contribution in [0.25, 0.3) is 0 Å². The molecule has 0 heterocycles. The Kier molecular flexibility index (Phi) is 6.79. The summed E-state index contributed by atoms with van der Waals surface area (Å²) in [5.41, 5.74) is 2.56. The summed E-state index contributed by atoms with van der Waals surface area (Å²) in [6.45, 7) is 3.72. The Hall–Kier alpha value is -3.85. The van der Waals surface area contributed by atoms with Gasteiger partial charge in [-0.25, -0.2) is 9.59 Å². The number of ether oxygens (including phenoxy) is 1. The molecule has 166 valence electrons. The van der Waals surface area contributed by atoms with Gasteiger partial charge in [0.2, 0.25) is 0 Å². The first-order chi connectivity index (χ1) is 15.2. The van der Waals surface area contributed by atoms with E-state index in [9.17, 15) is 18.0 Å². The van der Waals surface area contributed by atoms with Gasteiger partial charge in [0.15, 0.2) is 5.75 Å². The fourth-order valence-electron chi connectivity index (χ4n) is 2.84. The van der Waals surface area contributed by atoms with Crippen molar-refractivity contribution in [3.8, 4) is 5.75 Å². The van der Waals surface area contributed by atoms with Crippen LogP contribution < -0.4 is 14.8 Å². The molecule has 0 saturated heterocycles. The number of hydrogen-bond donors (Lipinski definition) is 2. The molecule has 2 N–H and O–H groups in total. The van der Waals surface area contributed by atoms with Crippen LogP contribution in [0.4, 0.5) is 16.2 Å². The summed E-state index contributed by atoms with van der Waals surface area (Å²) in [5, 5.41) is 5.27. The second-order valence-electron chi connectivity index (χ2n) is 7.00. The SMILES string of the molecule is COC(=O)c1ccc(NC(=O)Nc2cccc(C)c2)cc1OS(=O)(=O)c1ccc(C)cc1. The molecule has 0 saturated carbocycles. The highest BCUT2D eigenvalue weighted by atomic mass is 32.2. The topological polar surface area (TPSA) is 111 Å². The molecule has 3 aromatic rings. The first kappa shape index (κ1) is 22.8. The summed E-state index contributed by atoms with van der Waals surface area (Å²) < 4.78 is 35.4. The second-order valence-corrected chi connectivity index (χ2v) is 8.55. The third-order valence-corrected chi connectivity index (χ3v) is 5.68. The summed E-state index contributed by atoms with van der Waals surface area (Å²) in [5.74, 6) is -1.05. The van der Waals surface area contributed by atoms with Gasteiger partial charge in [0.25, 0.3) is 0 Å². The van der Waals surface area contributed by atoms with Crippen molar-refractivity contribution >= 4 is 33.5 Å². The Morgan fingerprint density at radius 1 is 0.812 bits per heavy atom. The number of methoxy groups -OCH3 is 1. The molecule has 3 rings (SSSR count). The Morgan fingerprint density at radius 3 is 2.09 bits per heavy atom. The number of esters is 1. The number of benzene rings is 3. The van der Waals surface area contributed by atoms with Crippen LogP contribution in [0.1, 0.15) is 21.5 Å². The number of carbonyl (C=O) groups is 2. The van der Waals surface area contributed by atoms with Crippen molar-refractivity contribution in [3.63, 3.8) is 0 Å². The molecular formula is C23H22N2O6S. The van der Waals surface area contributed by atoms with E-state index in [-0.39, 0.29) is 21.9 Å². The van der Waals surface area contributed by atoms with Crippen LogP contribution in [0.15, 0.2) is 71.6 Å². The van der Waals surface area contributed by atoms with Gasteiger partial charge >= 0.3 is 22.1 Å². The number of carbonyl (C=O) groups excluding carboxylic acids is 2. The van der Waals surface area contributed by atoms with Crippen molar-refractivity contribution in [2.75, 3.05) is 17.7 Å². The predicted molar refractivity (Wildman–Crippen MR) is 121 cm³/mol. The molecule has 0 aliphatic rings. The Morgan fingerprint density at radius 2 is 1.47 bits per heavy atom. The Balaban J connectivity index is 1.87. The van der Waals surface area contributed by atoms with Gasteiger partial charge in [0, 0.05) is 17.4 Å². The fraction of sp³-hybridized carbons (Fsp3) is 0.130. The summed E-state index contributed by atoms with van der Waals surface area (Å²) >= 11 is 0. The molecule has 0 radical (unpaired) electrons. The summed E-state index contributed by atoms with van der Waals surface area (Å²) in [4.78, 5) is 24.4. The van der Waals surface area contributed by atoms with E-state index in [4.69, 9.17) is 8.92 Å². The highest BCUT2D eigenvalue weighted by Gasteiger charge is 2.22. The molecule has 3 aromatic carbocycles. The standard InChI is InChI=1S/C23H22N2O6S/c1-15-7-10-19(11-8-15)32(28,29)31-21-14-18(9-12-20(21)22(26)30-3)25-23(27)24-17-6-4-5-16(2)13-17/h4-14H,1-3H3,(H2,24,25,27). The molecular weight excluding hydrogens is 432 g/mol. The van der Waals surface area contributed by atoms with Crippen molar-refractivity contribution in [2.45, 2.75) is 18.7 Å². The molecule has 9 heteroatoms. The minimum atomic E-state index is -4.23. The van der Waals surface area contributed by atoms with Gasteiger partial charge in [-0.05, 0) is 55.8 Å². The lowest BCUT2D eigenvalue weighted by atomic mass is 10.2. The van der Waals surface area contributed by atoms with E-state index in [0.717, 1.165) is 11.1 Å². The lowest BCUT2D eigenvalue weighted by Gasteiger charge is -2.13. The smallest absolute Gasteiger partial charge is 0.341 e. The highest BCUT2D eigenvalue weighted by molar-refractivity contribution is 7.87. The van der Waals surface area contributed by atoms with Gasteiger partial charge in [-0.15, -0.1) is 0 Å². The van der Waals surface area contributed by atoms with Crippen molar-refractivity contribution in [1.29, 1.82) is 0 Å². The van der Waals surface area contributed by atoms with E-state index < -0.39 is 22.1 Å². The number of nitrogens with one attached hydrogen (secondary N) is 2. The lowest BCUT2D eigenvalue weighted by Crippen LogP contribution is -2.20. The molecule has 0 spiro atoms. The molecule has 8 nitrogen and oxygen atoms in total. The van der Waals surface area contributed by atoms with E-state index in [1.54, 1.807) is 30.3 Å². The molecule has 0 atom stereocenters. The average molecular weight is 455 g/mol. The quantitative estimate of drug-likeness (QED) is 0.419. The zero-order valence-corrected chi connectivity index (χ0v) is 18.5. The number of urea groups is 1. The average Bonchev–Trinajstić information content (AvgIpc) is 2.73. The molecule has 32 heavy (non-hydrogen) atoms. The van der Waals surface area contributed by atoms with Crippen LogP contribution >= 0.6 is 0 Å². The molecule has 0 unspecified atom stereocenters. The van der Waals surface area contributed by atoms with E-state index in [2.05, 4.69) is 10.6 Å². The van der Waals surface area contributed by atoms with Gasteiger partial charge in [-0.3, -0.25) is 0 Å². The third kappa shape index (κ3) is 5.64. The van der Waals surface area contributed by atoms with Crippen molar-refractivity contribution in [1.82, 2.24) is 0 Å². The monoisotopic (exact) mass is 454 g/mol. The molecule has 2 amide bonds. The highest BCUT2D eigenvalue weighted by Crippen LogP contribution is 2.28. The number of amides is 2. The van der Waals surface area contributed by atoms with E-state index >= 15 is 0 Å². The van der Waals surface area contributed by atoms with E-state index in [1.165, 1.54) is 37.4 Å². The number of rotatable bonds is 6. The van der Waals surface area contributed by atoms with Gasteiger partial charge in [-0.2, -0.15) is 8.42 Å². The maximum absolute atomic E-state index is 12.7. The zero-order valence-electron chi connectivity index (χ0n) is 17.7. The summed E-state index contributed by atoms with van der Waals surface area (Å²) in [6, 6.07) is 16.7. The Bertz CT molecular complexity index is 1250. The van der Waals surface area contributed by atoms with Crippen molar-refractivity contribution < 1.29 is 26.9 Å². The molecule has 0 aromatic heterocycles. The lowest BCUT2D eigenvalue weighted by molar-refractivity contribution is 0.0599. The molecule has 0 fully saturated rings. The first-order valence-corrected chi connectivity index (χ1v) is 11.0. The van der Waals surface area contributed by atoms with Crippen LogP contribution in [-0.4, -0.2) is 27.5 Å². The van der Waals surface area contributed by atoms with Crippen LogP contribution in [-0.2, 0) is 14.9 Å². The number of aryl methyl sites for hydroxylation is 2.